The average Bonchev–Trinajstić information content (AvgIpc) is 2.63. The number of guanidine groups is 1. The molecule has 2 aromatic carbocycles. The van der Waals surface area contributed by atoms with E-state index in [4.69, 9.17) is 0 Å². The van der Waals surface area contributed by atoms with Crippen LogP contribution in [0.15, 0.2) is 59.6 Å². The summed E-state index contributed by atoms with van der Waals surface area (Å²) in [6.07, 6.45) is 0. The SMILES string of the molecule is CN=C(NCC(=O)NCc1ccccc1)N(C)Cc1ccc(F)cc1. The normalized spacial score (nSPS) is 11.1. The zero-order chi connectivity index (χ0) is 18.1. The molecule has 0 aliphatic carbocycles. The third-order valence-electron chi connectivity index (χ3n) is 3.65. The van der Waals surface area contributed by atoms with E-state index < -0.39 is 0 Å². The van der Waals surface area contributed by atoms with Crippen molar-refractivity contribution in [3.8, 4) is 0 Å². The topological polar surface area (TPSA) is 56.7 Å². The van der Waals surface area contributed by atoms with Crippen molar-refractivity contribution in [3.63, 3.8) is 0 Å². The van der Waals surface area contributed by atoms with Gasteiger partial charge in [-0.05, 0) is 23.3 Å². The van der Waals surface area contributed by atoms with Crippen LogP contribution < -0.4 is 10.6 Å². The summed E-state index contributed by atoms with van der Waals surface area (Å²) in [6.45, 7) is 1.18. The van der Waals surface area contributed by atoms with Gasteiger partial charge in [-0.1, -0.05) is 42.5 Å². The largest absolute Gasteiger partial charge is 0.350 e. The van der Waals surface area contributed by atoms with E-state index in [1.807, 2.05) is 42.3 Å². The average molecular weight is 342 g/mol. The molecule has 0 aliphatic heterocycles. The van der Waals surface area contributed by atoms with Gasteiger partial charge in [0, 0.05) is 27.2 Å². The molecule has 0 spiro atoms. The maximum atomic E-state index is 13.0. The number of carbonyl (C=O) groups is 1. The lowest BCUT2D eigenvalue weighted by Crippen LogP contribution is -2.43. The van der Waals surface area contributed by atoms with Crippen LogP contribution in [-0.4, -0.2) is 37.4 Å². The maximum absolute atomic E-state index is 13.0. The molecule has 2 aromatic rings. The minimum absolute atomic E-state index is 0.111. The Morgan fingerprint density at radius 3 is 2.36 bits per heavy atom. The van der Waals surface area contributed by atoms with E-state index in [1.54, 1.807) is 19.2 Å². The molecule has 0 fully saturated rings. The zero-order valence-electron chi connectivity index (χ0n) is 14.5. The Kier molecular flexibility index (Phi) is 6.95. The number of aliphatic imine (C=N–C) groups is 1. The van der Waals surface area contributed by atoms with E-state index in [0.29, 0.717) is 19.0 Å². The monoisotopic (exact) mass is 342 g/mol. The van der Waals surface area contributed by atoms with Crippen LogP contribution in [-0.2, 0) is 17.9 Å². The zero-order valence-corrected chi connectivity index (χ0v) is 14.5. The van der Waals surface area contributed by atoms with Gasteiger partial charge < -0.3 is 15.5 Å². The molecule has 5 nitrogen and oxygen atoms in total. The Bertz CT molecular complexity index is 701. The predicted octanol–water partition coefficient (Wildman–Crippen LogP) is 2.15. The van der Waals surface area contributed by atoms with Crippen molar-refractivity contribution in [1.29, 1.82) is 0 Å². The first-order chi connectivity index (χ1) is 12.1. The van der Waals surface area contributed by atoms with E-state index >= 15 is 0 Å². The Balaban J connectivity index is 1.78. The Hall–Kier alpha value is -2.89. The fraction of sp³-hybridized carbons (Fsp3) is 0.263. The number of hydrogen-bond donors (Lipinski definition) is 2. The smallest absolute Gasteiger partial charge is 0.239 e. The van der Waals surface area contributed by atoms with Crippen molar-refractivity contribution >= 4 is 11.9 Å². The molecule has 1 amide bonds. The molecule has 0 heterocycles. The number of nitrogens with one attached hydrogen (secondary N) is 2. The van der Waals surface area contributed by atoms with Crippen LogP contribution in [0.3, 0.4) is 0 Å². The molecule has 25 heavy (non-hydrogen) atoms. The second-order valence-electron chi connectivity index (χ2n) is 5.65. The summed E-state index contributed by atoms with van der Waals surface area (Å²) in [5.41, 5.74) is 2.01. The molecule has 0 saturated carbocycles. The van der Waals surface area contributed by atoms with Gasteiger partial charge in [-0.2, -0.15) is 0 Å². The number of amides is 1. The van der Waals surface area contributed by atoms with E-state index in [1.165, 1.54) is 12.1 Å². The number of halogens is 1. The van der Waals surface area contributed by atoms with E-state index in [9.17, 15) is 9.18 Å². The third kappa shape index (κ3) is 6.25. The van der Waals surface area contributed by atoms with E-state index in [0.717, 1.165) is 11.1 Å². The van der Waals surface area contributed by atoms with Crippen molar-refractivity contribution in [2.75, 3.05) is 20.6 Å². The van der Waals surface area contributed by atoms with Crippen molar-refractivity contribution in [2.24, 2.45) is 4.99 Å². The molecule has 0 aromatic heterocycles. The lowest BCUT2D eigenvalue weighted by atomic mass is 10.2. The maximum Gasteiger partial charge on any atom is 0.239 e. The van der Waals surface area contributed by atoms with Crippen LogP contribution in [0, 0.1) is 5.82 Å². The molecule has 0 bridgehead atoms. The molecule has 0 unspecified atom stereocenters. The summed E-state index contributed by atoms with van der Waals surface area (Å²) in [4.78, 5) is 18.0. The Morgan fingerprint density at radius 1 is 1.04 bits per heavy atom. The molecule has 0 saturated heterocycles. The Labute approximate surface area is 147 Å². The minimum Gasteiger partial charge on any atom is -0.350 e. The second kappa shape index (κ2) is 9.42. The van der Waals surface area contributed by atoms with Gasteiger partial charge in [0.25, 0.3) is 0 Å². The van der Waals surface area contributed by atoms with Crippen LogP contribution in [0.2, 0.25) is 0 Å². The van der Waals surface area contributed by atoms with Crippen molar-refractivity contribution in [1.82, 2.24) is 15.5 Å². The molecule has 0 aliphatic rings. The quantitative estimate of drug-likeness (QED) is 0.625. The lowest BCUT2D eigenvalue weighted by Gasteiger charge is -2.22. The molecule has 0 radical (unpaired) electrons. The first-order valence-electron chi connectivity index (χ1n) is 8.05. The summed E-state index contributed by atoms with van der Waals surface area (Å²) >= 11 is 0. The molecule has 0 atom stereocenters. The van der Waals surface area contributed by atoms with Crippen molar-refractivity contribution in [2.45, 2.75) is 13.1 Å². The summed E-state index contributed by atoms with van der Waals surface area (Å²) < 4.78 is 13.0. The van der Waals surface area contributed by atoms with Gasteiger partial charge in [0.1, 0.15) is 5.82 Å². The summed E-state index contributed by atoms with van der Waals surface area (Å²) in [5.74, 6) is 0.225. The van der Waals surface area contributed by atoms with Gasteiger partial charge >= 0.3 is 0 Å². The standard InChI is InChI=1S/C19H23FN4O/c1-21-19(24(2)14-16-8-10-17(20)11-9-16)23-13-18(25)22-12-15-6-4-3-5-7-15/h3-11H,12-14H2,1-2H3,(H,21,23)(H,22,25). The van der Waals surface area contributed by atoms with Gasteiger partial charge in [0.05, 0.1) is 6.54 Å². The lowest BCUT2D eigenvalue weighted by molar-refractivity contribution is -0.120. The number of rotatable bonds is 6. The summed E-state index contributed by atoms with van der Waals surface area (Å²) in [5, 5.41) is 5.88. The molecule has 132 valence electrons. The fourth-order valence-corrected chi connectivity index (χ4v) is 2.34. The van der Waals surface area contributed by atoms with Gasteiger partial charge in [-0.15, -0.1) is 0 Å². The predicted molar refractivity (Wildman–Crippen MR) is 97.5 cm³/mol. The minimum atomic E-state index is -0.260. The third-order valence-corrected chi connectivity index (χ3v) is 3.65. The van der Waals surface area contributed by atoms with Crippen molar-refractivity contribution < 1.29 is 9.18 Å². The van der Waals surface area contributed by atoms with Crippen LogP contribution in [0.4, 0.5) is 4.39 Å². The highest BCUT2D eigenvalue weighted by molar-refractivity contribution is 5.86. The van der Waals surface area contributed by atoms with Crippen LogP contribution in [0.25, 0.3) is 0 Å². The Morgan fingerprint density at radius 2 is 1.72 bits per heavy atom. The second-order valence-corrected chi connectivity index (χ2v) is 5.65. The number of carbonyl (C=O) groups excluding carboxylic acids is 1. The van der Waals surface area contributed by atoms with E-state index in [2.05, 4.69) is 15.6 Å². The highest BCUT2D eigenvalue weighted by Crippen LogP contribution is 2.05. The fourth-order valence-electron chi connectivity index (χ4n) is 2.34. The molecular weight excluding hydrogens is 319 g/mol. The van der Waals surface area contributed by atoms with Gasteiger partial charge in [-0.3, -0.25) is 9.79 Å². The summed E-state index contributed by atoms with van der Waals surface area (Å²) in [6, 6.07) is 16.0. The van der Waals surface area contributed by atoms with Crippen LogP contribution in [0.1, 0.15) is 11.1 Å². The number of hydrogen-bond acceptors (Lipinski definition) is 2. The molecule has 2 rings (SSSR count). The number of nitrogens with zero attached hydrogens (tertiary/aromatic N) is 2. The molecule has 6 heteroatoms. The van der Waals surface area contributed by atoms with Gasteiger partial charge in [-0.25, -0.2) is 4.39 Å². The highest BCUT2D eigenvalue weighted by atomic mass is 19.1. The van der Waals surface area contributed by atoms with Crippen LogP contribution >= 0.6 is 0 Å². The first kappa shape index (κ1) is 18.4. The first-order valence-corrected chi connectivity index (χ1v) is 8.05. The van der Waals surface area contributed by atoms with Gasteiger partial charge in [0.15, 0.2) is 5.96 Å². The van der Waals surface area contributed by atoms with Crippen molar-refractivity contribution in [3.05, 3.63) is 71.5 Å². The molecule has 2 N–H and O–H groups in total. The van der Waals surface area contributed by atoms with Gasteiger partial charge in [0.2, 0.25) is 5.91 Å². The number of benzene rings is 2. The van der Waals surface area contributed by atoms with E-state index in [-0.39, 0.29) is 18.3 Å². The highest BCUT2D eigenvalue weighted by Gasteiger charge is 2.09. The molecular formula is C19H23FN4O. The summed E-state index contributed by atoms with van der Waals surface area (Å²) in [7, 11) is 3.52. The van der Waals surface area contributed by atoms with Crippen LogP contribution in [0.5, 0.6) is 0 Å².